The number of ether oxygens (including phenoxy) is 2. The van der Waals surface area contributed by atoms with E-state index in [1.165, 1.54) is 17.8 Å². The van der Waals surface area contributed by atoms with Gasteiger partial charge in [-0.05, 0) is 38.7 Å². The Labute approximate surface area is 230 Å². The first-order chi connectivity index (χ1) is 19.5. The van der Waals surface area contributed by atoms with Crippen LogP contribution in [0.15, 0.2) is 30.9 Å². The van der Waals surface area contributed by atoms with E-state index in [1.807, 2.05) is 17.0 Å². The van der Waals surface area contributed by atoms with E-state index in [-0.39, 0.29) is 41.3 Å². The van der Waals surface area contributed by atoms with E-state index < -0.39 is 0 Å². The van der Waals surface area contributed by atoms with Crippen molar-refractivity contribution in [3.05, 3.63) is 53.6 Å². The Kier molecular flexibility index (Phi) is 6.98. The van der Waals surface area contributed by atoms with Crippen molar-refractivity contribution in [2.45, 2.75) is 57.2 Å². The number of nitrogens with two attached hydrogens (primary N) is 1. The molecule has 1 amide bonds. The molecule has 0 aromatic carbocycles. The molecule has 6 rings (SSSR count). The summed E-state index contributed by atoms with van der Waals surface area (Å²) < 4.78 is 12.1. The minimum atomic E-state index is -0.161. The Morgan fingerprint density at radius 3 is 2.58 bits per heavy atom. The van der Waals surface area contributed by atoms with Gasteiger partial charge in [-0.25, -0.2) is 9.97 Å². The molecule has 2 saturated heterocycles. The molecule has 3 N–H and O–H groups in total. The van der Waals surface area contributed by atoms with E-state index in [0.717, 1.165) is 29.7 Å². The van der Waals surface area contributed by atoms with Crippen molar-refractivity contribution in [2.75, 3.05) is 26.1 Å². The van der Waals surface area contributed by atoms with Gasteiger partial charge in [0.05, 0.1) is 43.0 Å². The first-order valence-electron chi connectivity index (χ1n) is 13.3. The number of carbonyl (C=O) groups is 2. The summed E-state index contributed by atoms with van der Waals surface area (Å²) in [5.74, 6) is 0.174. The van der Waals surface area contributed by atoms with Crippen molar-refractivity contribution in [1.82, 2.24) is 39.7 Å². The maximum absolute atomic E-state index is 13.1. The number of pyridine rings is 1. The van der Waals surface area contributed by atoms with Gasteiger partial charge in [0.1, 0.15) is 12.1 Å². The Bertz CT molecular complexity index is 1520. The van der Waals surface area contributed by atoms with Crippen LogP contribution >= 0.6 is 0 Å². The molecule has 13 heteroatoms. The van der Waals surface area contributed by atoms with Crippen LogP contribution in [0.4, 0.5) is 5.82 Å². The topological polar surface area (TPSA) is 167 Å². The molecule has 4 aromatic rings. The number of aromatic nitrogens is 7. The minimum Gasteiger partial charge on any atom is -0.383 e. The number of nitrogens with zero attached hydrogens (tertiary/aromatic N) is 7. The first-order valence-corrected chi connectivity index (χ1v) is 13.3. The first kappa shape index (κ1) is 26.0. The van der Waals surface area contributed by atoms with Crippen molar-refractivity contribution in [2.24, 2.45) is 0 Å². The van der Waals surface area contributed by atoms with Crippen LogP contribution in [0.25, 0.3) is 16.8 Å². The fourth-order valence-electron chi connectivity index (χ4n) is 6.04. The molecule has 3 atom stereocenters. The van der Waals surface area contributed by atoms with E-state index in [1.54, 1.807) is 19.5 Å². The average molecular weight is 546 g/mol. The van der Waals surface area contributed by atoms with Crippen LogP contribution in [0.3, 0.4) is 0 Å². The standard InChI is InChI=1S/C27H31N9O4/c1-15(37)22-23(17-9-19-5-6-20(10-17)35(19)27(38)25-30-14-31-34-25)33-26-21(12-32-36(26)24(22)28)16-3-4-18(29-11-16)13-40-8-7-39-2/h3-4,11-12,14,17,19-20H,5-10,13,28H2,1-2H3,(H,30,31,34)/t17?,19-,20+. The Morgan fingerprint density at radius 1 is 1.12 bits per heavy atom. The lowest BCUT2D eigenvalue weighted by Crippen LogP contribution is -2.46. The summed E-state index contributed by atoms with van der Waals surface area (Å²) in [6, 6.07) is 3.89. The second-order valence-electron chi connectivity index (χ2n) is 10.3. The van der Waals surface area contributed by atoms with E-state index in [4.69, 9.17) is 20.2 Å². The monoisotopic (exact) mass is 545 g/mol. The molecule has 0 saturated carbocycles. The normalized spacial score (nSPS) is 20.4. The third-order valence-electron chi connectivity index (χ3n) is 7.85. The summed E-state index contributed by atoms with van der Waals surface area (Å²) in [7, 11) is 1.63. The fourth-order valence-corrected chi connectivity index (χ4v) is 6.04. The van der Waals surface area contributed by atoms with Crippen LogP contribution in [0.5, 0.6) is 0 Å². The smallest absolute Gasteiger partial charge is 0.291 e. The number of methoxy groups -OCH3 is 1. The predicted octanol–water partition coefficient (Wildman–Crippen LogP) is 2.41. The lowest BCUT2D eigenvalue weighted by atomic mass is 9.85. The zero-order valence-electron chi connectivity index (χ0n) is 22.4. The molecule has 0 spiro atoms. The molecule has 208 valence electrons. The molecule has 4 aromatic heterocycles. The Balaban J connectivity index is 1.31. The van der Waals surface area contributed by atoms with Gasteiger partial charge in [0, 0.05) is 42.4 Å². The molecule has 40 heavy (non-hydrogen) atoms. The summed E-state index contributed by atoms with van der Waals surface area (Å²) in [6.45, 7) is 2.90. The van der Waals surface area contributed by atoms with Crippen LogP contribution < -0.4 is 5.73 Å². The lowest BCUT2D eigenvalue weighted by Gasteiger charge is -2.38. The molecule has 2 bridgehead atoms. The van der Waals surface area contributed by atoms with Crippen molar-refractivity contribution >= 4 is 23.2 Å². The molecular formula is C27H31N9O4. The molecule has 2 fully saturated rings. The molecule has 2 aliphatic heterocycles. The van der Waals surface area contributed by atoms with Crippen LogP contribution in [0.1, 0.15) is 70.9 Å². The molecule has 2 aliphatic rings. The summed E-state index contributed by atoms with van der Waals surface area (Å²) in [6.07, 6.45) is 7.94. The van der Waals surface area contributed by atoms with Gasteiger partial charge in [0.15, 0.2) is 11.4 Å². The molecule has 0 radical (unpaired) electrons. The number of hydrogen-bond donors (Lipinski definition) is 2. The van der Waals surface area contributed by atoms with E-state index in [9.17, 15) is 9.59 Å². The highest BCUT2D eigenvalue weighted by molar-refractivity contribution is 6.00. The summed E-state index contributed by atoms with van der Waals surface area (Å²) in [5.41, 5.74) is 10.6. The van der Waals surface area contributed by atoms with Crippen LogP contribution in [0.2, 0.25) is 0 Å². The highest BCUT2D eigenvalue weighted by atomic mass is 16.5. The number of carbonyl (C=O) groups excluding carboxylic acids is 2. The van der Waals surface area contributed by atoms with Crippen LogP contribution in [-0.4, -0.2) is 83.8 Å². The van der Waals surface area contributed by atoms with E-state index in [2.05, 4.69) is 25.3 Å². The number of piperidine rings is 1. The second kappa shape index (κ2) is 10.7. The van der Waals surface area contributed by atoms with Gasteiger partial charge in [-0.15, -0.1) is 0 Å². The zero-order valence-corrected chi connectivity index (χ0v) is 22.4. The Hall–Kier alpha value is -4.23. The number of ketones is 1. The summed E-state index contributed by atoms with van der Waals surface area (Å²) in [4.78, 5) is 41.5. The predicted molar refractivity (Wildman–Crippen MR) is 144 cm³/mol. The van der Waals surface area contributed by atoms with Crippen molar-refractivity contribution < 1.29 is 19.1 Å². The van der Waals surface area contributed by atoms with Crippen LogP contribution in [0, 0.1) is 0 Å². The second-order valence-corrected chi connectivity index (χ2v) is 10.3. The highest BCUT2D eigenvalue weighted by Gasteiger charge is 2.45. The van der Waals surface area contributed by atoms with Gasteiger partial charge < -0.3 is 20.1 Å². The average Bonchev–Trinajstić information content (AvgIpc) is 3.69. The van der Waals surface area contributed by atoms with Crippen molar-refractivity contribution in [1.29, 1.82) is 0 Å². The molecule has 13 nitrogen and oxygen atoms in total. The van der Waals surface area contributed by atoms with Gasteiger partial charge in [0.2, 0.25) is 5.82 Å². The van der Waals surface area contributed by atoms with E-state index in [0.29, 0.717) is 49.6 Å². The SMILES string of the molecule is COCCOCc1ccc(-c2cnn3c(N)c(C(C)=O)c(C4C[C@H]5CC[C@@H](C4)N5C(=O)c4ncn[nH]4)nc23)cn1. The van der Waals surface area contributed by atoms with Gasteiger partial charge in [-0.3, -0.25) is 19.7 Å². The summed E-state index contributed by atoms with van der Waals surface area (Å²) >= 11 is 0. The number of hydrogen-bond acceptors (Lipinski definition) is 10. The minimum absolute atomic E-state index is 0.0210. The number of nitrogens with one attached hydrogen (secondary N) is 1. The quantitative estimate of drug-likeness (QED) is 0.235. The fraction of sp³-hybridized carbons (Fsp3) is 0.444. The number of rotatable bonds is 9. The van der Waals surface area contributed by atoms with E-state index >= 15 is 0 Å². The molecule has 0 aliphatic carbocycles. The summed E-state index contributed by atoms with van der Waals surface area (Å²) in [5, 5.41) is 11.0. The third-order valence-corrected chi connectivity index (χ3v) is 7.85. The third kappa shape index (κ3) is 4.60. The van der Waals surface area contributed by atoms with Crippen LogP contribution in [-0.2, 0) is 16.1 Å². The molecule has 6 heterocycles. The lowest BCUT2D eigenvalue weighted by molar-refractivity contribution is 0.0556. The Morgan fingerprint density at radius 2 is 1.93 bits per heavy atom. The maximum Gasteiger partial charge on any atom is 0.291 e. The number of aromatic amines is 1. The number of nitrogen functional groups attached to an aromatic ring is 1. The van der Waals surface area contributed by atoms with Gasteiger partial charge in [-0.1, -0.05) is 6.07 Å². The number of amides is 1. The molecule has 1 unspecified atom stereocenters. The van der Waals surface area contributed by atoms with Gasteiger partial charge in [-0.2, -0.15) is 14.7 Å². The number of Topliss-reactive ketones (excluding diaryl/α,β-unsaturated/α-hetero) is 1. The number of anilines is 1. The number of H-pyrrole nitrogens is 1. The zero-order chi connectivity index (χ0) is 27.8. The highest BCUT2D eigenvalue weighted by Crippen LogP contribution is 2.45. The van der Waals surface area contributed by atoms with Gasteiger partial charge in [0.25, 0.3) is 5.91 Å². The van der Waals surface area contributed by atoms with Crippen molar-refractivity contribution in [3.8, 4) is 11.1 Å². The van der Waals surface area contributed by atoms with Crippen molar-refractivity contribution in [3.63, 3.8) is 0 Å². The number of fused-ring (bicyclic) bond motifs is 3. The largest absolute Gasteiger partial charge is 0.383 e. The molecular weight excluding hydrogens is 514 g/mol. The maximum atomic E-state index is 13.1. The van der Waals surface area contributed by atoms with Gasteiger partial charge >= 0.3 is 0 Å².